The third-order valence-electron chi connectivity index (χ3n) is 3.34. The molecule has 0 nitrogen and oxygen atoms in total. The monoisotopic (exact) mass is 162 g/mol. The topological polar surface area (TPSA) is 0 Å². The van der Waals surface area contributed by atoms with E-state index in [-0.39, 0.29) is 0 Å². The van der Waals surface area contributed by atoms with Gasteiger partial charge in [0.05, 0.1) is 0 Å². The standard InChI is InChI=1S/C12H18/c1-9-6-7-12-10(2)4-3-5-11(12)8-9/h8,11H,3-7H2,1-2H3. The summed E-state index contributed by atoms with van der Waals surface area (Å²) in [7, 11) is 0. The summed E-state index contributed by atoms with van der Waals surface area (Å²) in [5, 5.41) is 0. The molecular weight excluding hydrogens is 144 g/mol. The van der Waals surface area contributed by atoms with E-state index in [2.05, 4.69) is 19.9 Å². The average Bonchev–Trinajstić information content (AvgIpc) is 2.04. The highest BCUT2D eigenvalue weighted by atomic mass is 14.3. The Balaban J connectivity index is 2.29. The minimum atomic E-state index is 0.826. The van der Waals surface area contributed by atoms with Crippen molar-refractivity contribution in [3.05, 3.63) is 22.8 Å². The summed E-state index contributed by atoms with van der Waals surface area (Å²) >= 11 is 0. The van der Waals surface area contributed by atoms with Gasteiger partial charge in [-0.25, -0.2) is 0 Å². The predicted molar refractivity (Wildman–Crippen MR) is 53.0 cm³/mol. The van der Waals surface area contributed by atoms with E-state index in [4.69, 9.17) is 0 Å². The van der Waals surface area contributed by atoms with E-state index in [1.165, 1.54) is 32.1 Å². The van der Waals surface area contributed by atoms with Crippen LogP contribution < -0.4 is 0 Å². The van der Waals surface area contributed by atoms with Crippen LogP contribution in [0.3, 0.4) is 0 Å². The van der Waals surface area contributed by atoms with Crippen LogP contribution in [0.15, 0.2) is 22.8 Å². The molecule has 12 heavy (non-hydrogen) atoms. The van der Waals surface area contributed by atoms with Gasteiger partial charge in [-0.1, -0.05) is 22.8 Å². The fraction of sp³-hybridized carbons (Fsp3) is 0.667. The summed E-state index contributed by atoms with van der Waals surface area (Å²) in [4.78, 5) is 0. The highest BCUT2D eigenvalue weighted by Crippen LogP contribution is 2.38. The Labute approximate surface area is 75.4 Å². The molecule has 0 saturated carbocycles. The zero-order valence-corrected chi connectivity index (χ0v) is 8.19. The number of allylic oxidation sites excluding steroid dienone is 4. The van der Waals surface area contributed by atoms with Crippen LogP contribution in [-0.2, 0) is 0 Å². The maximum atomic E-state index is 2.50. The predicted octanol–water partition coefficient (Wildman–Crippen LogP) is 3.84. The molecule has 2 rings (SSSR count). The van der Waals surface area contributed by atoms with Crippen molar-refractivity contribution >= 4 is 0 Å². The van der Waals surface area contributed by atoms with Gasteiger partial charge in [-0.05, 0) is 51.9 Å². The number of fused-ring (bicyclic) bond motifs is 1. The molecule has 0 amide bonds. The molecule has 1 unspecified atom stereocenters. The molecule has 0 fully saturated rings. The van der Waals surface area contributed by atoms with Gasteiger partial charge in [0, 0.05) is 0 Å². The highest BCUT2D eigenvalue weighted by Gasteiger charge is 2.21. The van der Waals surface area contributed by atoms with Gasteiger partial charge in [0.2, 0.25) is 0 Å². The fourth-order valence-electron chi connectivity index (χ4n) is 2.58. The van der Waals surface area contributed by atoms with Crippen LogP contribution in [0.25, 0.3) is 0 Å². The van der Waals surface area contributed by atoms with Gasteiger partial charge in [-0.3, -0.25) is 0 Å². The molecule has 0 radical (unpaired) electrons. The van der Waals surface area contributed by atoms with E-state index in [0.717, 1.165) is 5.92 Å². The second-order valence-electron chi connectivity index (χ2n) is 4.32. The number of rotatable bonds is 0. The van der Waals surface area contributed by atoms with Crippen molar-refractivity contribution in [3.8, 4) is 0 Å². The minimum absolute atomic E-state index is 0.826. The Hall–Kier alpha value is -0.520. The van der Waals surface area contributed by atoms with Crippen molar-refractivity contribution in [2.75, 3.05) is 0 Å². The van der Waals surface area contributed by atoms with Crippen molar-refractivity contribution in [2.24, 2.45) is 5.92 Å². The van der Waals surface area contributed by atoms with Crippen LogP contribution >= 0.6 is 0 Å². The van der Waals surface area contributed by atoms with Crippen molar-refractivity contribution < 1.29 is 0 Å². The van der Waals surface area contributed by atoms with E-state index in [1.54, 1.807) is 16.7 Å². The first kappa shape index (κ1) is 8.10. The molecule has 2 aliphatic carbocycles. The lowest BCUT2D eigenvalue weighted by molar-refractivity contribution is 0.536. The second-order valence-corrected chi connectivity index (χ2v) is 4.32. The van der Waals surface area contributed by atoms with Gasteiger partial charge in [0.25, 0.3) is 0 Å². The molecule has 0 aliphatic heterocycles. The summed E-state index contributed by atoms with van der Waals surface area (Å²) in [6.45, 7) is 4.61. The zero-order chi connectivity index (χ0) is 8.55. The van der Waals surface area contributed by atoms with Crippen LogP contribution in [0.1, 0.15) is 46.0 Å². The molecule has 1 atom stereocenters. The molecule has 66 valence electrons. The van der Waals surface area contributed by atoms with Gasteiger partial charge in [0.15, 0.2) is 0 Å². The first-order valence-corrected chi connectivity index (χ1v) is 5.13. The quantitative estimate of drug-likeness (QED) is 0.475. The van der Waals surface area contributed by atoms with Crippen molar-refractivity contribution in [1.29, 1.82) is 0 Å². The summed E-state index contributed by atoms with van der Waals surface area (Å²) in [5.41, 5.74) is 5.07. The lowest BCUT2D eigenvalue weighted by atomic mass is 9.76. The van der Waals surface area contributed by atoms with Gasteiger partial charge < -0.3 is 0 Å². The van der Waals surface area contributed by atoms with E-state index < -0.39 is 0 Å². The Bertz CT molecular complexity index is 243. The number of hydrogen-bond donors (Lipinski definition) is 0. The summed E-state index contributed by atoms with van der Waals surface area (Å²) in [5.74, 6) is 0.826. The smallest absolute Gasteiger partial charge is 0.00179 e. The lowest BCUT2D eigenvalue weighted by Gasteiger charge is -2.29. The van der Waals surface area contributed by atoms with Crippen molar-refractivity contribution in [2.45, 2.75) is 46.0 Å². The normalized spacial score (nSPS) is 29.8. The largest absolute Gasteiger partial charge is 0.0784 e. The van der Waals surface area contributed by atoms with Gasteiger partial charge in [-0.15, -0.1) is 0 Å². The van der Waals surface area contributed by atoms with E-state index in [0.29, 0.717) is 0 Å². The molecule has 0 saturated heterocycles. The first-order chi connectivity index (χ1) is 5.77. The molecule has 0 N–H and O–H groups in total. The third kappa shape index (κ3) is 1.35. The second kappa shape index (κ2) is 3.08. The van der Waals surface area contributed by atoms with Crippen LogP contribution in [0.5, 0.6) is 0 Å². The Morgan fingerprint density at radius 2 is 2.00 bits per heavy atom. The SMILES string of the molecule is CC1=CC2CCCC(C)=C2CC1. The first-order valence-electron chi connectivity index (χ1n) is 5.13. The van der Waals surface area contributed by atoms with E-state index in [1.807, 2.05) is 0 Å². The molecule has 0 heterocycles. The zero-order valence-electron chi connectivity index (χ0n) is 8.19. The Kier molecular flexibility index (Phi) is 2.08. The average molecular weight is 162 g/mol. The minimum Gasteiger partial charge on any atom is -0.0784 e. The summed E-state index contributed by atoms with van der Waals surface area (Å²) in [6.07, 6.45) is 9.33. The third-order valence-corrected chi connectivity index (χ3v) is 3.34. The molecule has 2 aliphatic rings. The molecule has 0 aromatic rings. The Morgan fingerprint density at radius 3 is 2.83 bits per heavy atom. The van der Waals surface area contributed by atoms with Gasteiger partial charge in [-0.2, -0.15) is 0 Å². The van der Waals surface area contributed by atoms with E-state index in [9.17, 15) is 0 Å². The summed E-state index contributed by atoms with van der Waals surface area (Å²) < 4.78 is 0. The van der Waals surface area contributed by atoms with Crippen LogP contribution in [0.4, 0.5) is 0 Å². The number of hydrogen-bond acceptors (Lipinski definition) is 0. The molecule has 0 spiro atoms. The maximum Gasteiger partial charge on any atom is -0.00179 e. The molecule has 0 aromatic heterocycles. The molecule has 0 bridgehead atoms. The van der Waals surface area contributed by atoms with Crippen molar-refractivity contribution in [3.63, 3.8) is 0 Å². The maximum absolute atomic E-state index is 2.50. The van der Waals surface area contributed by atoms with Crippen molar-refractivity contribution in [1.82, 2.24) is 0 Å². The van der Waals surface area contributed by atoms with Crippen LogP contribution in [-0.4, -0.2) is 0 Å². The molecule has 0 aromatic carbocycles. The molecule has 0 heteroatoms. The summed E-state index contributed by atoms with van der Waals surface area (Å²) in [6, 6.07) is 0. The lowest BCUT2D eigenvalue weighted by Crippen LogP contribution is -2.13. The Morgan fingerprint density at radius 1 is 1.17 bits per heavy atom. The molecular formula is C12H18. The van der Waals surface area contributed by atoms with Gasteiger partial charge >= 0.3 is 0 Å². The van der Waals surface area contributed by atoms with Crippen LogP contribution in [0.2, 0.25) is 0 Å². The van der Waals surface area contributed by atoms with Crippen LogP contribution in [0, 0.1) is 5.92 Å². The van der Waals surface area contributed by atoms with E-state index >= 15 is 0 Å². The van der Waals surface area contributed by atoms with Gasteiger partial charge in [0.1, 0.15) is 0 Å². The fourth-order valence-corrected chi connectivity index (χ4v) is 2.58. The highest BCUT2D eigenvalue weighted by molar-refractivity contribution is 5.28.